The highest BCUT2D eigenvalue weighted by atomic mass is 16.6. The molecule has 21 heavy (non-hydrogen) atoms. The number of nitrogens with one attached hydrogen (secondary N) is 1. The van der Waals surface area contributed by atoms with Crippen LogP contribution < -0.4 is 10.2 Å². The molecule has 1 aromatic heterocycles. The maximum Gasteiger partial charge on any atom is 0.330 e. The number of piperidine rings is 1. The summed E-state index contributed by atoms with van der Waals surface area (Å²) in [6.45, 7) is 2.93. The van der Waals surface area contributed by atoms with Gasteiger partial charge in [0.15, 0.2) is 0 Å². The quantitative estimate of drug-likeness (QED) is 0.662. The molecule has 3 heterocycles. The number of anilines is 1. The van der Waals surface area contributed by atoms with E-state index in [4.69, 9.17) is 0 Å². The van der Waals surface area contributed by atoms with E-state index in [-0.39, 0.29) is 10.6 Å². The van der Waals surface area contributed by atoms with Crippen LogP contribution in [0.15, 0.2) is 6.20 Å². The highest BCUT2D eigenvalue weighted by Crippen LogP contribution is 2.35. The molecular weight excluding hydrogens is 270 g/mol. The van der Waals surface area contributed by atoms with Crippen LogP contribution in [-0.4, -0.2) is 39.4 Å². The largest absolute Gasteiger partial charge is 0.346 e. The Morgan fingerprint density at radius 2 is 2.14 bits per heavy atom. The van der Waals surface area contributed by atoms with Crippen molar-refractivity contribution in [1.29, 1.82) is 0 Å². The fraction of sp³-hybridized carbons (Fsp3) is 0.786. The van der Waals surface area contributed by atoms with E-state index in [0.29, 0.717) is 23.9 Å². The van der Waals surface area contributed by atoms with Crippen LogP contribution in [-0.2, 0) is 7.05 Å². The van der Waals surface area contributed by atoms with Crippen LogP contribution in [0.25, 0.3) is 0 Å². The molecule has 2 fully saturated rings. The predicted molar refractivity (Wildman–Crippen MR) is 80.5 cm³/mol. The summed E-state index contributed by atoms with van der Waals surface area (Å²) >= 11 is 0. The van der Waals surface area contributed by atoms with Crippen LogP contribution in [0.2, 0.25) is 0 Å². The topological polar surface area (TPSA) is 76.2 Å². The zero-order valence-corrected chi connectivity index (χ0v) is 12.7. The molecule has 2 atom stereocenters. The summed E-state index contributed by atoms with van der Waals surface area (Å²) < 4.78 is 1.55. The minimum atomic E-state index is -0.319. The van der Waals surface area contributed by atoms with E-state index in [1.54, 1.807) is 11.7 Å². The standard InChI is InChI=1S/C14H23N5O2/c1-3-6-18(12-7-10-4-5-11(8-12)15-10)14-13(19(20)21)9-17(2)16-14/h9-12,15H,3-8H2,1-2H3. The maximum absolute atomic E-state index is 11.3. The fourth-order valence-electron chi connectivity index (χ4n) is 3.78. The molecule has 2 aliphatic rings. The summed E-state index contributed by atoms with van der Waals surface area (Å²) in [6.07, 6.45) is 7.05. The molecule has 1 N–H and O–H groups in total. The molecule has 2 bridgehead atoms. The third-order valence-electron chi connectivity index (χ3n) is 4.61. The highest BCUT2D eigenvalue weighted by molar-refractivity contribution is 5.57. The molecule has 0 aromatic carbocycles. The number of hydrogen-bond acceptors (Lipinski definition) is 5. The van der Waals surface area contributed by atoms with Crippen LogP contribution in [0, 0.1) is 10.1 Å². The van der Waals surface area contributed by atoms with Gasteiger partial charge in [-0.1, -0.05) is 6.92 Å². The molecule has 3 rings (SSSR count). The van der Waals surface area contributed by atoms with Crippen LogP contribution in [0.4, 0.5) is 11.5 Å². The summed E-state index contributed by atoms with van der Waals surface area (Å²) in [4.78, 5) is 13.1. The number of aromatic nitrogens is 2. The first kappa shape index (κ1) is 14.3. The Labute approximate surface area is 124 Å². The van der Waals surface area contributed by atoms with Gasteiger partial charge in [0.2, 0.25) is 5.82 Å². The van der Waals surface area contributed by atoms with Crippen molar-refractivity contribution in [3.05, 3.63) is 16.3 Å². The first-order valence-electron chi connectivity index (χ1n) is 7.79. The zero-order valence-electron chi connectivity index (χ0n) is 12.7. The summed E-state index contributed by atoms with van der Waals surface area (Å²) in [7, 11) is 1.74. The Hall–Kier alpha value is -1.63. The lowest BCUT2D eigenvalue weighted by atomic mass is 9.98. The predicted octanol–water partition coefficient (Wildman–Crippen LogP) is 1.83. The number of aryl methyl sites for hydroxylation is 1. The second kappa shape index (κ2) is 5.63. The van der Waals surface area contributed by atoms with E-state index in [2.05, 4.69) is 22.2 Å². The van der Waals surface area contributed by atoms with Crippen molar-refractivity contribution in [2.24, 2.45) is 7.05 Å². The summed E-state index contributed by atoms with van der Waals surface area (Å²) in [5.74, 6) is 0.538. The molecule has 2 saturated heterocycles. The van der Waals surface area contributed by atoms with Gasteiger partial charge in [-0.2, -0.15) is 0 Å². The van der Waals surface area contributed by atoms with Gasteiger partial charge in [0.05, 0.1) is 4.92 Å². The lowest BCUT2D eigenvalue weighted by Gasteiger charge is -2.37. The molecule has 1 aromatic rings. The third-order valence-corrected chi connectivity index (χ3v) is 4.61. The molecule has 2 unspecified atom stereocenters. The summed E-state index contributed by atoms with van der Waals surface area (Å²) in [6, 6.07) is 1.49. The monoisotopic (exact) mass is 293 g/mol. The minimum Gasteiger partial charge on any atom is -0.346 e. The summed E-state index contributed by atoms with van der Waals surface area (Å²) in [5.41, 5.74) is 0.122. The SMILES string of the molecule is CCCN(c1nn(C)cc1[N+](=O)[O-])C1CC2CCC(C1)N2. The van der Waals surface area contributed by atoms with E-state index in [1.807, 2.05) is 0 Å². The molecule has 116 valence electrons. The number of rotatable bonds is 5. The minimum absolute atomic E-state index is 0.122. The van der Waals surface area contributed by atoms with Gasteiger partial charge in [-0.05, 0) is 32.1 Å². The normalized spacial score (nSPS) is 27.8. The Morgan fingerprint density at radius 1 is 1.48 bits per heavy atom. The van der Waals surface area contributed by atoms with E-state index >= 15 is 0 Å². The first-order valence-corrected chi connectivity index (χ1v) is 7.79. The third kappa shape index (κ3) is 2.74. The zero-order chi connectivity index (χ0) is 15.0. The van der Waals surface area contributed by atoms with Gasteiger partial charge in [0.25, 0.3) is 0 Å². The Balaban J connectivity index is 1.89. The van der Waals surface area contributed by atoms with E-state index in [1.165, 1.54) is 19.0 Å². The van der Waals surface area contributed by atoms with Crippen LogP contribution in [0.1, 0.15) is 39.0 Å². The number of nitro groups is 1. The second-order valence-corrected chi connectivity index (χ2v) is 6.23. The van der Waals surface area contributed by atoms with E-state index in [9.17, 15) is 10.1 Å². The van der Waals surface area contributed by atoms with Crippen molar-refractivity contribution in [2.45, 2.75) is 57.2 Å². The van der Waals surface area contributed by atoms with Crippen molar-refractivity contribution in [1.82, 2.24) is 15.1 Å². The van der Waals surface area contributed by atoms with Gasteiger partial charge >= 0.3 is 5.69 Å². The van der Waals surface area contributed by atoms with Crippen molar-refractivity contribution >= 4 is 11.5 Å². The highest BCUT2D eigenvalue weighted by Gasteiger charge is 2.38. The molecule has 0 amide bonds. The average Bonchev–Trinajstić information content (AvgIpc) is 2.99. The van der Waals surface area contributed by atoms with Gasteiger partial charge in [-0.15, -0.1) is 5.10 Å². The molecular formula is C14H23N5O2. The van der Waals surface area contributed by atoms with Gasteiger partial charge < -0.3 is 10.2 Å². The van der Waals surface area contributed by atoms with Gasteiger partial charge in [0, 0.05) is 31.7 Å². The lowest BCUT2D eigenvalue weighted by Crippen LogP contribution is -2.49. The van der Waals surface area contributed by atoms with Gasteiger partial charge in [-0.25, -0.2) is 0 Å². The number of nitrogens with zero attached hydrogens (tertiary/aromatic N) is 4. The molecule has 0 saturated carbocycles. The molecule has 0 spiro atoms. The second-order valence-electron chi connectivity index (χ2n) is 6.23. The van der Waals surface area contributed by atoms with Crippen molar-refractivity contribution in [3.8, 4) is 0 Å². The van der Waals surface area contributed by atoms with Crippen molar-refractivity contribution in [2.75, 3.05) is 11.4 Å². The molecule has 7 heteroatoms. The summed E-state index contributed by atoms with van der Waals surface area (Å²) in [5, 5.41) is 19.3. The Kier molecular flexibility index (Phi) is 3.84. The number of hydrogen-bond donors (Lipinski definition) is 1. The Morgan fingerprint density at radius 3 is 2.71 bits per heavy atom. The molecule has 2 aliphatic heterocycles. The number of fused-ring (bicyclic) bond motifs is 2. The molecule has 7 nitrogen and oxygen atoms in total. The average molecular weight is 293 g/mol. The van der Waals surface area contributed by atoms with E-state index in [0.717, 1.165) is 25.8 Å². The maximum atomic E-state index is 11.3. The van der Waals surface area contributed by atoms with Crippen LogP contribution in [0.5, 0.6) is 0 Å². The Bertz CT molecular complexity index is 517. The van der Waals surface area contributed by atoms with Crippen LogP contribution >= 0.6 is 0 Å². The van der Waals surface area contributed by atoms with Crippen LogP contribution in [0.3, 0.4) is 0 Å². The smallest absolute Gasteiger partial charge is 0.330 e. The molecule has 0 aliphatic carbocycles. The van der Waals surface area contributed by atoms with Crippen molar-refractivity contribution in [3.63, 3.8) is 0 Å². The molecule has 0 radical (unpaired) electrons. The fourth-order valence-corrected chi connectivity index (χ4v) is 3.78. The van der Waals surface area contributed by atoms with Gasteiger partial charge in [0.1, 0.15) is 6.20 Å². The van der Waals surface area contributed by atoms with Crippen molar-refractivity contribution < 1.29 is 4.92 Å². The van der Waals surface area contributed by atoms with Gasteiger partial charge in [-0.3, -0.25) is 14.8 Å². The van der Waals surface area contributed by atoms with E-state index < -0.39 is 0 Å². The lowest BCUT2D eigenvalue weighted by molar-refractivity contribution is -0.384. The first-order chi connectivity index (χ1) is 10.1.